The third-order valence-electron chi connectivity index (χ3n) is 3.23. The highest BCUT2D eigenvalue weighted by Gasteiger charge is 2.20. The second-order valence-corrected chi connectivity index (χ2v) is 6.55. The molecule has 21 heavy (non-hydrogen) atoms. The Balaban J connectivity index is 3.88. The van der Waals surface area contributed by atoms with Gasteiger partial charge in [-0.3, -0.25) is 9.79 Å². The molecule has 1 amide bonds. The Hall–Kier alpha value is -1.26. The number of rotatable bonds is 8. The Morgan fingerprint density at radius 3 is 2.29 bits per heavy atom. The summed E-state index contributed by atoms with van der Waals surface area (Å²) in [6.45, 7) is 11.4. The molecule has 0 bridgehead atoms. The van der Waals surface area contributed by atoms with E-state index in [0.717, 1.165) is 12.4 Å². The molecule has 0 rings (SSSR count). The zero-order chi connectivity index (χ0) is 16.3. The summed E-state index contributed by atoms with van der Waals surface area (Å²) in [5.41, 5.74) is -0.340. The Labute approximate surface area is 130 Å². The molecule has 0 saturated heterocycles. The van der Waals surface area contributed by atoms with Gasteiger partial charge >= 0.3 is 0 Å². The molecule has 5 heteroatoms. The Morgan fingerprint density at radius 2 is 1.76 bits per heavy atom. The summed E-state index contributed by atoms with van der Waals surface area (Å²) in [5.74, 6) is 0.865. The first kappa shape index (κ1) is 19.7. The maximum absolute atomic E-state index is 11.7. The Kier molecular flexibility index (Phi) is 9.84. The van der Waals surface area contributed by atoms with E-state index in [1.807, 2.05) is 20.8 Å². The van der Waals surface area contributed by atoms with Crippen LogP contribution < -0.4 is 16.0 Å². The predicted octanol–water partition coefficient (Wildman–Crippen LogP) is 2.28. The number of hydrogen-bond acceptors (Lipinski definition) is 2. The number of guanidine groups is 1. The van der Waals surface area contributed by atoms with Crippen LogP contribution in [-0.2, 0) is 4.79 Å². The van der Waals surface area contributed by atoms with E-state index in [9.17, 15) is 4.79 Å². The lowest BCUT2D eigenvalue weighted by Gasteiger charge is -2.20. The first-order valence-electron chi connectivity index (χ1n) is 8.06. The molecule has 0 fully saturated rings. The first-order valence-corrected chi connectivity index (χ1v) is 8.06. The third kappa shape index (κ3) is 10.2. The van der Waals surface area contributed by atoms with Crippen molar-refractivity contribution in [2.24, 2.45) is 10.4 Å². The van der Waals surface area contributed by atoms with Crippen LogP contribution in [0.3, 0.4) is 0 Å². The van der Waals surface area contributed by atoms with Crippen molar-refractivity contribution < 1.29 is 4.79 Å². The van der Waals surface area contributed by atoms with Crippen LogP contribution in [0, 0.1) is 5.41 Å². The number of aliphatic imine (C=N–C) groups is 1. The van der Waals surface area contributed by atoms with Crippen LogP contribution in [-0.4, -0.2) is 38.0 Å². The molecule has 1 atom stereocenters. The van der Waals surface area contributed by atoms with Crippen LogP contribution in [0.1, 0.15) is 60.3 Å². The van der Waals surface area contributed by atoms with E-state index in [4.69, 9.17) is 0 Å². The van der Waals surface area contributed by atoms with Crippen LogP contribution in [0.4, 0.5) is 0 Å². The van der Waals surface area contributed by atoms with E-state index in [0.29, 0.717) is 19.1 Å². The van der Waals surface area contributed by atoms with Crippen molar-refractivity contribution in [2.75, 3.05) is 20.1 Å². The molecule has 0 aromatic carbocycles. The second-order valence-electron chi connectivity index (χ2n) is 6.55. The second kappa shape index (κ2) is 10.5. The number of unbranched alkanes of at least 4 members (excludes halogenated alkanes) is 2. The summed E-state index contributed by atoms with van der Waals surface area (Å²) in [6.07, 6.45) is 4.91. The van der Waals surface area contributed by atoms with Gasteiger partial charge in [0.2, 0.25) is 5.91 Å². The minimum Gasteiger partial charge on any atom is -0.355 e. The minimum atomic E-state index is -0.340. The fourth-order valence-corrected chi connectivity index (χ4v) is 1.82. The average Bonchev–Trinajstić information content (AvgIpc) is 2.41. The zero-order valence-electron chi connectivity index (χ0n) is 14.7. The molecule has 0 radical (unpaired) electrons. The van der Waals surface area contributed by atoms with Crippen molar-refractivity contribution in [1.29, 1.82) is 0 Å². The smallest absolute Gasteiger partial charge is 0.225 e. The lowest BCUT2D eigenvalue weighted by molar-refractivity contribution is -0.128. The molecule has 0 heterocycles. The first-order chi connectivity index (χ1) is 9.81. The van der Waals surface area contributed by atoms with E-state index >= 15 is 0 Å². The molecular formula is C16H34N4O. The predicted molar refractivity (Wildman–Crippen MR) is 90.6 cm³/mol. The molecule has 1 unspecified atom stereocenters. The van der Waals surface area contributed by atoms with Crippen molar-refractivity contribution >= 4 is 11.9 Å². The van der Waals surface area contributed by atoms with Crippen molar-refractivity contribution in [3.8, 4) is 0 Å². The van der Waals surface area contributed by atoms with Gasteiger partial charge in [0, 0.05) is 31.6 Å². The maximum atomic E-state index is 11.7. The molecule has 0 saturated carbocycles. The van der Waals surface area contributed by atoms with Crippen molar-refractivity contribution in [1.82, 2.24) is 16.0 Å². The molecule has 124 valence electrons. The molecule has 0 aromatic rings. The molecule has 0 aliphatic heterocycles. The summed E-state index contributed by atoms with van der Waals surface area (Å²) < 4.78 is 0. The van der Waals surface area contributed by atoms with Crippen molar-refractivity contribution in [3.05, 3.63) is 0 Å². The largest absolute Gasteiger partial charge is 0.355 e. The molecular weight excluding hydrogens is 264 g/mol. The van der Waals surface area contributed by atoms with Crippen LogP contribution >= 0.6 is 0 Å². The van der Waals surface area contributed by atoms with Crippen molar-refractivity contribution in [3.63, 3.8) is 0 Å². The number of carbonyl (C=O) groups excluding carboxylic acids is 1. The van der Waals surface area contributed by atoms with Gasteiger partial charge in [0.15, 0.2) is 5.96 Å². The monoisotopic (exact) mass is 298 g/mol. The number of amides is 1. The molecule has 3 N–H and O–H groups in total. The van der Waals surface area contributed by atoms with Crippen LogP contribution in [0.25, 0.3) is 0 Å². The maximum Gasteiger partial charge on any atom is 0.225 e. The summed E-state index contributed by atoms with van der Waals surface area (Å²) >= 11 is 0. The van der Waals surface area contributed by atoms with Gasteiger partial charge in [-0.25, -0.2) is 0 Å². The Bertz CT molecular complexity index is 321. The normalized spacial score (nSPS) is 13.7. The third-order valence-corrected chi connectivity index (χ3v) is 3.23. The molecule has 0 aliphatic carbocycles. The number of carbonyl (C=O) groups is 1. The average molecular weight is 298 g/mol. The molecule has 0 aliphatic rings. The summed E-state index contributed by atoms with van der Waals surface area (Å²) in [4.78, 5) is 15.9. The van der Waals surface area contributed by atoms with Gasteiger partial charge in [-0.05, 0) is 13.3 Å². The standard InChI is InChI=1S/C16H34N4O/c1-7-8-9-10-13(2)20-15(17-6)19-12-11-18-14(21)16(3,4)5/h13H,7-12H2,1-6H3,(H,18,21)(H2,17,19,20). The van der Waals surface area contributed by atoms with Gasteiger partial charge in [0.05, 0.1) is 0 Å². The lowest BCUT2D eigenvalue weighted by Crippen LogP contribution is -2.45. The van der Waals surface area contributed by atoms with E-state index in [1.54, 1.807) is 7.05 Å². The zero-order valence-corrected chi connectivity index (χ0v) is 14.7. The Morgan fingerprint density at radius 1 is 1.14 bits per heavy atom. The molecule has 5 nitrogen and oxygen atoms in total. The van der Waals surface area contributed by atoms with E-state index < -0.39 is 0 Å². The van der Waals surface area contributed by atoms with Crippen LogP contribution in [0.5, 0.6) is 0 Å². The van der Waals surface area contributed by atoms with E-state index in [1.165, 1.54) is 19.3 Å². The highest BCUT2D eigenvalue weighted by molar-refractivity contribution is 5.81. The van der Waals surface area contributed by atoms with Crippen LogP contribution in [0.2, 0.25) is 0 Å². The molecule has 0 aromatic heterocycles. The van der Waals surface area contributed by atoms with E-state index in [-0.39, 0.29) is 11.3 Å². The highest BCUT2D eigenvalue weighted by atomic mass is 16.2. The molecule has 0 spiro atoms. The van der Waals surface area contributed by atoms with Gasteiger partial charge in [-0.15, -0.1) is 0 Å². The number of hydrogen-bond donors (Lipinski definition) is 3. The van der Waals surface area contributed by atoms with Gasteiger partial charge in [-0.1, -0.05) is 47.0 Å². The SMILES string of the molecule is CCCCCC(C)NC(=NC)NCCNC(=O)C(C)(C)C. The number of nitrogens with one attached hydrogen (secondary N) is 3. The lowest BCUT2D eigenvalue weighted by atomic mass is 9.96. The van der Waals surface area contributed by atoms with Crippen LogP contribution in [0.15, 0.2) is 4.99 Å². The van der Waals surface area contributed by atoms with E-state index in [2.05, 4.69) is 34.8 Å². The topological polar surface area (TPSA) is 65.5 Å². The van der Waals surface area contributed by atoms with Gasteiger partial charge in [0.25, 0.3) is 0 Å². The summed E-state index contributed by atoms with van der Waals surface area (Å²) in [6, 6.07) is 0.409. The van der Waals surface area contributed by atoms with Gasteiger partial charge in [0.1, 0.15) is 0 Å². The summed E-state index contributed by atoms with van der Waals surface area (Å²) in [5, 5.41) is 9.50. The van der Waals surface area contributed by atoms with Crippen molar-refractivity contribution in [2.45, 2.75) is 66.3 Å². The fraction of sp³-hybridized carbons (Fsp3) is 0.875. The highest BCUT2D eigenvalue weighted by Crippen LogP contribution is 2.11. The number of nitrogens with zero attached hydrogens (tertiary/aromatic N) is 1. The summed E-state index contributed by atoms with van der Waals surface area (Å²) in [7, 11) is 1.77. The minimum absolute atomic E-state index is 0.0696. The van der Waals surface area contributed by atoms with Gasteiger partial charge < -0.3 is 16.0 Å². The van der Waals surface area contributed by atoms with Gasteiger partial charge in [-0.2, -0.15) is 0 Å². The quantitative estimate of drug-likeness (QED) is 0.366. The fourth-order valence-electron chi connectivity index (χ4n) is 1.82.